The molecule has 1 aromatic rings. The van der Waals surface area contributed by atoms with Gasteiger partial charge in [0.25, 0.3) is 0 Å². The maximum atomic E-state index is 6.61. The first kappa shape index (κ1) is 16.4. The third-order valence-corrected chi connectivity index (χ3v) is 5.98. The van der Waals surface area contributed by atoms with E-state index in [1.54, 1.807) is 0 Å². The molecule has 2 aliphatic heterocycles. The maximum Gasteiger partial charge on any atom is 0.234 e. The van der Waals surface area contributed by atoms with Crippen molar-refractivity contribution in [2.24, 2.45) is 11.8 Å². The largest absolute Gasteiger partial charge is 0.333 e. The zero-order chi connectivity index (χ0) is 15.9. The third kappa shape index (κ3) is 2.54. The van der Waals surface area contributed by atoms with E-state index >= 15 is 0 Å². The molecule has 0 aliphatic carbocycles. The molecule has 1 spiro atoms. The number of hydrogen-bond acceptors (Lipinski definition) is 3. The third-order valence-electron chi connectivity index (χ3n) is 5.26. The van der Waals surface area contributed by atoms with E-state index in [0.717, 1.165) is 11.8 Å². The number of benzene rings is 1. The molecule has 2 saturated heterocycles. The Morgan fingerprint density at radius 3 is 2.55 bits per heavy atom. The topological polar surface area (TPSA) is 21.7 Å². The molecule has 0 unspecified atom stereocenters. The number of rotatable bonds is 3. The highest BCUT2D eigenvalue weighted by atomic mass is 79.9. The first-order valence-corrected chi connectivity index (χ1v) is 9.31. The molecule has 0 amide bonds. The van der Waals surface area contributed by atoms with Crippen LogP contribution in [0.2, 0.25) is 0 Å². The van der Waals surface area contributed by atoms with Gasteiger partial charge in [-0.25, -0.2) is 4.90 Å². The zero-order valence-corrected chi connectivity index (χ0v) is 15.4. The molecule has 122 valence electrons. The molecule has 2 aliphatic rings. The fraction of sp³-hybridized carbons (Fsp3) is 0.667. The lowest BCUT2D eigenvalue weighted by molar-refractivity contribution is -0.292. The summed E-state index contributed by atoms with van der Waals surface area (Å²) in [4.78, 5) is 2.30. The van der Waals surface area contributed by atoms with Gasteiger partial charge in [0.1, 0.15) is 6.10 Å². The van der Waals surface area contributed by atoms with Crippen LogP contribution in [-0.4, -0.2) is 35.3 Å². The molecule has 22 heavy (non-hydrogen) atoms. The molecule has 2 heterocycles. The summed E-state index contributed by atoms with van der Waals surface area (Å²) in [5.74, 6) is 0.316. The Morgan fingerprint density at radius 1 is 1.27 bits per heavy atom. The van der Waals surface area contributed by atoms with Gasteiger partial charge in [-0.15, -0.1) is 0 Å². The van der Waals surface area contributed by atoms with E-state index in [2.05, 4.69) is 72.9 Å². The van der Waals surface area contributed by atoms with E-state index in [1.165, 1.54) is 5.56 Å². The summed E-state index contributed by atoms with van der Waals surface area (Å²) >= 11 is 3.58. The van der Waals surface area contributed by atoms with Gasteiger partial charge in [0.15, 0.2) is 0 Å². The molecule has 3 nitrogen and oxygen atoms in total. The Kier molecular flexibility index (Phi) is 4.66. The van der Waals surface area contributed by atoms with Gasteiger partial charge in [-0.3, -0.25) is 0 Å². The van der Waals surface area contributed by atoms with Crippen LogP contribution < -0.4 is 0 Å². The molecule has 4 heteroatoms. The lowest BCUT2D eigenvalue weighted by atomic mass is 9.89. The highest BCUT2D eigenvalue weighted by Crippen LogP contribution is 2.52. The number of halogens is 1. The van der Waals surface area contributed by atoms with Crippen LogP contribution in [0.1, 0.15) is 38.9 Å². The van der Waals surface area contributed by atoms with Crippen molar-refractivity contribution < 1.29 is 9.47 Å². The first-order valence-electron chi connectivity index (χ1n) is 8.19. The van der Waals surface area contributed by atoms with E-state index in [9.17, 15) is 0 Å². The summed E-state index contributed by atoms with van der Waals surface area (Å²) in [7, 11) is 2.14. The number of nitrogens with zero attached hydrogens (tertiary/aromatic N) is 1. The summed E-state index contributed by atoms with van der Waals surface area (Å²) in [5.41, 5.74) is 1.23. The molecule has 0 N–H and O–H groups in total. The summed E-state index contributed by atoms with van der Waals surface area (Å²) in [6, 6.07) is 10.8. The molecule has 5 atom stereocenters. The summed E-state index contributed by atoms with van der Waals surface area (Å²) < 4.78 is 13.0. The van der Waals surface area contributed by atoms with Gasteiger partial charge in [0.2, 0.25) is 5.91 Å². The molecular formula is C18H26BrNO2. The normalized spacial score (nSPS) is 39.2. The number of ether oxygens (including phenoxy) is 2. The van der Waals surface area contributed by atoms with Crippen LogP contribution in [0.5, 0.6) is 0 Å². The molecule has 0 aromatic heterocycles. The molecule has 3 rings (SSSR count). The Hall–Kier alpha value is -0.420. The van der Waals surface area contributed by atoms with Gasteiger partial charge in [-0.1, -0.05) is 60.1 Å². The second-order valence-corrected chi connectivity index (χ2v) is 7.56. The van der Waals surface area contributed by atoms with Crippen molar-refractivity contribution in [1.29, 1.82) is 0 Å². The Balaban J connectivity index is 1.93. The van der Waals surface area contributed by atoms with Crippen molar-refractivity contribution in [3.63, 3.8) is 0 Å². The molecule has 1 aromatic carbocycles. The van der Waals surface area contributed by atoms with Crippen molar-refractivity contribution in [2.75, 3.05) is 12.4 Å². The number of hydrogen-bond donors (Lipinski definition) is 0. The highest BCUT2D eigenvalue weighted by molar-refractivity contribution is 9.09. The summed E-state index contributed by atoms with van der Waals surface area (Å²) in [6.07, 6.45) is 1.32. The van der Waals surface area contributed by atoms with Crippen LogP contribution in [0.3, 0.4) is 0 Å². The molecule has 0 radical (unpaired) electrons. The molecule has 2 fully saturated rings. The van der Waals surface area contributed by atoms with Crippen LogP contribution in [-0.2, 0) is 9.47 Å². The standard InChI is InChI=1S/C18H26BrNO2/c1-12(2)16-10-15(11-19)21-18(16)20(4)13(3)17(22-18)14-8-6-5-7-9-14/h5-9,12-13,15-17H,10-11H2,1-4H3/t13-,15+,16+,17-,18-/m1/s1. The molecule has 0 saturated carbocycles. The monoisotopic (exact) mass is 367 g/mol. The predicted octanol–water partition coefficient (Wildman–Crippen LogP) is 4.19. The summed E-state index contributed by atoms with van der Waals surface area (Å²) in [5, 5.41) is 0.861. The van der Waals surface area contributed by atoms with Gasteiger partial charge < -0.3 is 9.47 Å². The minimum atomic E-state index is -0.591. The fourth-order valence-corrected chi connectivity index (χ4v) is 4.29. The van der Waals surface area contributed by atoms with Gasteiger partial charge >= 0.3 is 0 Å². The number of alkyl halides is 1. The van der Waals surface area contributed by atoms with Gasteiger partial charge in [-0.05, 0) is 31.9 Å². The fourth-order valence-electron chi connectivity index (χ4n) is 3.89. The zero-order valence-electron chi connectivity index (χ0n) is 13.8. The lowest BCUT2D eigenvalue weighted by Crippen LogP contribution is -2.51. The van der Waals surface area contributed by atoms with Crippen molar-refractivity contribution in [3.8, 4) is 0 Å². The van der Waals surface area contributed by atoms with E-state index in [-0.39, 0.29) is 18.2 Å². The Bertz CT molecular complexity index is 509. The molecular weight excluding hydrogens is 342 g/mol. The smallest absolute Gasteiger partial charge is 0.234 e. The van der Waals surface area contributed by atoms with E-state index in [0.29, 0.717) is 11.8 Å². The van der Waals surface area contributed by atoms with Crippen LogP contribution in [0.25, 0.3) is 0 Å². The lowest BCUT2D eigenvalue weighted by Gasteiger charge is -2.38. The maximum absolute atomic E-state index is 6.61. The van der Waals surface area contributed by atoms with E-state index in [4.69, 9.17) is 9.47 Å². The van der Waals surface area contributed by atoms with Gasteiger partial charge in [-0.2, -0.15) is 0 Å². The summed E-state index contributed by atoms with van der Waals surface area (Å²) in [6.45, 7) is 6.77. The second kappa shape index (κ2) is 6.23. The van der Waals surface area contributed by atoms with Crippen molar-refractivity contribution in [2.45, 2.75) is 51.4 Å². The van der Waals surface area contributed by atoms with Crippen molar-refractivity contribution in [3.05, 3.63) is 35.9 Å². The minimum absolute atomic E-state index is 0.0570. The van der Waals surface area contributed by atoms with Gasteiger partial charge in [0, 0.05) is 17.3 Å². The minimum Gasteiger partial charge on any atom is -0.333 e. The van der Waals surface area contributed by atoms with Crippen LogP contribution in [0.4, 0.5) is 0 Å². The Labute approximate surface area is 142 Å². The van der Waals surface area contributed by atoms with Crippen LogP contribution in [0.15, 0.2) is 30.3 Å². The number of likely N-dealkylation sites (N-methyl/N-ethyl adjacent to an activating group) is 1. The SMILES string of the molecule is CC(C)[C@@H]1C[C@@H](CBr)O[C@@]12O[C@@H](c1ccccc1)[C@@H](C)N2C. The predicted molar refractivity (Wildman–Crippen MR) is 91.8 cm³/mol. The van der Waals surface area contributed by atoms with E-state index in [1.807, 2.05) is 6.07 Å². The highest BCUT2D eigenvalue weighted by Gasteiger charge is 2.60. The van der Waals surface area contributed by atoms with Crippen molar-refractivity contribution in [1.82, 2.24) is 4.90 Å². The van der Waals surface area contributed by atoms with Crippen LogP contribution >= 0.6 is 15.9 Å². The molecule has 0 bridgehead atoms. The average Bonchev–Trinajstić information content (AvgIpc) is 3.02. The first-order chi connectivity index (χ1) is 10.5. The van der Waals surface area contributed by atoms with Crippen molar-refractivity contribution >= 4 is 15.9 Å². The van der Waals surface area contributed by atoms with Gasteiger partial charge in [0.05, 0.1) is 6.10 Å². The van der Waals surface area contributed by atoms with E-state index < -0.39 is 5.91 Å². The quantitative estimate of drug-likeness (QED) is 0.747. The average molecular weight is 368 g/mol. The second-order valence-electron chi connectivity index (χ2n) is 6.91. The Morgan fingerprint density at radius 2 is 1.95 bits per heavy atom. The van der Waals surface area contributed by atoms with Crippen LogP contribution in [0, 0.1) is 11.8 Å².